The molecule has 3 rings (SSSR count). The molecule has 140 valence electrons. The molecule has 0 radical (unpaired) electrons. The number of amides is 2. The number of hydrogen-bond donors (Lipinski definition) is 0. The van der Waals surface area contributed by atoms with Crippen LogP contribution in [0.4, 0.5) is 5.69 Å². The van der Waals surface area contributed by atoms with E-state index in [-0.39, 0.29) is 5.91 Å². The van der Waals surface area contributed by atoms with Gasteiger partial charge < -0.3 is 14.5 Å². The third-order valence-electron chi connectivity index (χ3n) is 5.18. The maximum Gasteiger partial charge on any atom is 0.241 e. The van der Waals surface area contributed by atoms with E-state index < -0.39 is 5.54 Å². The van der Waals surface area contributed by atoms with Gasteiger partial charge in [0.1, 0.15) is 5.75 Å². The van der Waals surface area contributed by atoms with E-state index in [1.165, 1.54) is 0 Å². The fourth-order valence-corrected chi connectivity index (χ4v) is 3.88. The summed E-state index contributed by atoms with van der Waals surface area (Å²) in [5.74, 6) is 0.860. The van der Waals surface area contributed by atoms with Crippen LogP contribution >= 0.6 is 0 Å². The number of ether oxygens (including phenoxy) is 1. The van der Waals surface area contributed by atoms with Crippen molar-refractivity contribution in [3.63, 3.8) is 0 Å². The van der Waals surface area contributed by atoms with Gasteiger partial charge >= 0.3 is 0 Å². The smallest absolute Gasteiger partial charge is 0.241 e. The van der Waals surface area contributed by atoms with Crippen LogP contribution in [-0.2, 0) is 9.59 Å². The minimum absolute atomic E-state index is 0.0738. The summed E-state index contributed by atoms with van der Waals surface area (Å²) in [5, 5.41) is 0. The van der Waals surface area contributed by atoms with Gasteiger partial charge in [0, 0.05) is 31.7 Å². The Morgan fingerprint density at radius 2 is 1.92 bits per heavy atom. The highest BCUT2D eigenvalue weighted by molar-refractivity contribution is 6.01. The lowest BCUT2D eigenvalue weighted by Gasteiger charge is -2.43. The normalized spacial score (nSPS) is 19.6. The number of piperazine rings is 1. The summed E-state index contributed by atoms with van der Waals surface area (Å²) in [5.41, 5.74) is 2.70. The molecular formula is C20H27N3O3. The quantitative estimate of drug-likeness (QED) is 0.774. The number of carbonyl (C=O) groups excluding carboxylic acids is 2. The van der Waals surface area contributed by atoms with Crippen molar-refractivity contribution < 1.29 is 14.3 Å². The Kier molecular flexibility index (Phi) is 5.05. The molecule has 2 heterocycles. The lowest BCUT2D eigenvalue weighted by molar-refractivity contribution is -0.122. The number of rotatable bonds is 4. The number of carbonyl (C=O) groups is 2. The zero-order valence-corrected chi connectivity index (χ0v) is 16.0. The van der Waals surface area contributed by atoms with Crippen LogP contribution in [0, 0.1) is 0 Å². The lowest BCUT2D eigenvalue weighted by atomic mass is 9.88. The number of benzene rings is 1. The largest absolute Gasteiger partial charge is 0.497 e. The van der Waals surface area contributed by atoms with Crippen LogP contribution in [0.1, 0.15) is 26.3 Å². The first kappa shape index (κ1) is 18.5. The molecule has 0 aromatic heterocycles. The molecule has 1 fully saturated rings. The van der Waals surface area contributed by atoms with E-state index in [1.54, 1.807) is 12.0 Å². The van der Waals surface area contributed by atoms with Gasteiger partial charge in [-0.1, -0.05) is 6.08 Å². The molecule has 0 spiro atoms. The molecule has 6 nitrogen and oxygen atoms in total. The molecule has 2 aliphatic rings. The molecule has 0 saturated carbocycles. The number of methoxy groups -OCH3 is 1. The summed E-state index contributed by atoms with van der Waals surface area (Å²) < 4.78 is 5.35. The van der Waals surface area contributed by atoms with Crippen LogP contribution in [0.25, 0.3) is 5.57 Å². The third kappa shape index (κ3) is 3.46. The zero-order chi connectivity index (χ0) is 18.9. The number of allylic oxidation sites excluding steroid dienone is 1. The van der Waals surface area contributed by atoms with Crippen molar-refractivity contribution in [3.8, 4) is 5.75 Å². The van der Waals surface area contributed by atoms with Crippen molar-refractivity contribution in [2.24, 2.45) is 0 Å². The maximum absolute atomic E-state index is 13.2. The van der Waals surface area contributed by atoms with Gasteiger partial charge in [-0.2, -0.15) is 0 Å². The molecule has 0 unspecified atom stereocenters. The van der Waals surface area contributed by atoms with Gasteiger partial charge in [-0.05, 0) is 44.5 Å². The van der Waals surface area contributed by atoms with Crippen molar-refractivity contribution in [2.45, 2.75) is 26.3 Å². The molecule has 0 atom stereocenters. The molecule has 1 saturated heterocycles. The van der Waals surface area contributed by atoms with E-state index in [0.717, 1.165) is 42.1 Å². The summed E-state index contributed by atoms with van der Waals surface area (Å²) in [7, 11) is 1.65. The molecule has 6 heteroatoms. The average Bonchev–Trinajstić information content (AvgIpc) is 2.61. The number of anilines is 1. The van der Waals surface area contributed by atoms with Crippen LogP contribution in [0.3, 0.4) is 0 Å². The summed E-state index contributed by atoms with van der Waals surface area (Å²) in [6, 6.07) is 5.85. The van der Waals surface area contributed by atoms with Crippen LogP contribution in [0.5, 0.6) is 5.75 Å². The van der Waals surface area contributed by atoms with E-state index in [2.05, 4.69) is 31.7 Å². The molecule has 0 bridgehead atoms. The van der Waals surface area contributed by atoms with Crippen molar-refractivity contribution in [1.82, 2.24) is 9.80 Å². The van der Waals surface area contributed by atoms with Crippen LogP contribution in [0.2, 0.25) is 0 Å². The maximum atomic E-state index is 13.2. The monoisotopic (exact) mass is 357 g/mol. The minimum Gasteiger partial charge on any atom is -0.497 e. The van der Waals surface area contributed by atoms with Gasteiger partial charge in [-0.3, -0.25) is 14.5 Å². The second kappa shape index (κ2) is 7.11. The Hall–Kier alpha value is -2.34. The van der Waals surface area contributed by atoms with Gasteiger partial charge in [0.05, 0.1) is 24.9 Å². The van der Waals surface area contributed by atoms with Gasteiger partial charge in [0.15, 0.2) is 0 Å². The SMILES string of the molecule is COc1ccc2c(c1)C(C)=CC(C)(C)N2C(=O)CN1CCN(C=O)CC1. The number of fused-ring (bicyclic) bond motifs is 1. The summed E-state index contributed by atoms with van der Waals surface area (Å²) in [4.78, 5) is 29.8. The van der Waals surface area contributed by atoms with E-state index in [4.69, 9.17) is 4.74 Å². The van der Waals surface area contributed by atoms with Gasteiger partial charge in [-0.25, -0.2) is 0 Å². The lowest BCUT2D eigenvalue weighted by Crippen LogP contribution is -2.54. The number of hydrogen-bond acceptors (Lipinski definition) is 4. The first-order valence-corrected chi connectivity index (χ1v) is 8.98. The summed E-state index contributed by atoms with van der Waals surface area (Å²) in [6.07, 6.45) is 3.01. The predicted molar refractivity (Wildman–Crippen MR) is 102 cm³/mol. The van der Waals surface area contributed by atoms with Crippen LogP contribution < -0.4 is 9.64 Å². The fourth-order valence-electron chi connectivity index (χ4n) is 3.88. The Morgan fingerprint density at radius 3 is 2.54 bits per heavy atom. The molecule has 0 aliphatic carbocycles. The molecule has 2 amide bonds. The van der Waals surface area contributed by atoms with Gasteiger partial charge in [0.25, 0.3) is 0 Å². The minimum atomic E-state index is -0.395. The summed E-state index contributed by atoms with van der Waals surface area (Å²) >= 11 is 0. The zero-order valence-electron chi connectivity index (χ0n) is 16.0. The van der Waals surface area contributed by atoms with E-state index in [9.17, 15) is 9.59 Å². The van der Waals surface area contributed by atoms with Crippen molar-refractivity contribution in [3.05, 3.63) is 29.8 Å². The van der Waals surface area contributed by atoms with Crippen molar-refractivity contribution >= 4 is 23.6 Å². The first-order chi connectivity index (χ1) is 12.4. The molecule has 1 aromatic carbocycles. The Balaban J connectivity index is 1.84. The van der Waals surface area contributed by atoms with Gasteiger partial charge in [-0.15, -0.1) is 0 Å². The van der Waals surface area contributed by atoms with E-state index in [1.807, 2.05) is 23.1 Å². The van der Waals surface area contributed by atoms with Gasteiger partial charge in [0.2, 0.25) is 12.3 Å². The Morgan fingerprint density at radius 1 is 1.23 bits per heavy atom. The Labute approximate surface area is 155 Å². The fraction of sp³-hybridized carbons (Fsp3) is 0.500. The Bertz CT molecular complexity index is 734. The molecule has 0 N–H and O–H groups in total. The van der Waals surface area contributed by atoms with E-state index in [0.29, 0.717) is 19.6 Å². The highest BCUT2D eigenvalue weighted by Crippen LogP contribution is 2.40. The topological polar surface area (TPSA) is 53.1 Å². The molecule has 1 aromatic rings. The molecule has 26 heavy (non-hydrogen) atoms. The standard InChI is InChI=1S/C20H27N3O3/c1-15-12-20(2,3)23(18-6-5-16(26-4)11-17(15)18)19(25)13-21-7-9-22(14-24)10-8-21/h5-6,11-12,14H,7-10,13H2,1-4H3. The van der Waals surface area contributed by atoms with Crippen LogP contribution in [-0.4, -0.2) is 67.5 Å². The third-order valence-corrected chi connectivity index (χ3v) is 5.18. The highest BCUT2D eigenvalue weighted by Gasteiger charge is 2.36. The van der Waals surface area contributed by atoms with Crippen molar-refractivity contribution in [1.29, 1.82) is 0 Å². The second-order valence-corrected chi connectivity index (χ2v) is 7.51. The van der Waals surface area contributed by atoms with Crippen LogP contribution in [0.15, 0.2) is 24.3 Å². The second-order valence-electron chi connectivity index (χ2n) is 7.51. The first-order valence-electron chi connectivity index (χ1n) is 8.98. The molecule has 2 aliphatic heterocycles. The van der Waals surface area contributed by atoms with E-state index >= 15 is 0 Å². The van der Waals surface area contributed by atoms with Crippen molar-refractivity contribution in [2.75, 3.05) is 44.7 Å². The number of nitrogens with zero attached hydrogens (tertiary/aromatic N) is 3. The molecular weight excluding hydrogens is 330 g/mol. The highest BCUT2D eigenvalue weighted by atomic mass is 16.5. The average molecular weight is 357 g/mol. The summed E-state index contributed by atoms with van der Waals surface area (Å²) in [6.45, 7) is 9.35. The predicted octanol–water partition coefficient (Wildman–Crippen LogP) is 2.00.